The molecule has 1 aliphatic carbocycles. The Kier molecular flexibility index (Phi) is 1.84. The Balaban J connectivity index is 1.90. The van der Waals surface area contributed by atoms with Crippen LogP contribution in [0.3, 0.4) is 0 Å². The number of fused-ring (bicyclic) bond motifs is 1. The molecule has 0 spiro atoms. The summed E-state index contributed by atoms with van der Waals surface area (Å²) in [5, 5.41) is -0.139. The highest BCUT2D eigenvalue weighted by Gasteiger charge is 2.42. The molecule has 2 aliphatic rings. The van der Waals surface area contributed by atoms with E-state index >= 15 is 0 Å². The van der Waals surface area contributed by atoms with Gasteiger partial charge in [-0.1, -0.05) is 0 Å². The second-order valence-corrected chi connectivity index (χ2v) is 6.22. The minimum atomic E-state index is -3.07. The molecule has 6 heteroatoms. The molecule has 1 aromatic heterocycles. The maximum Gasteiger partial charge on any atom is 0.217 e. The molecule has 3 rings (SSSR count). The Bertz CT molecular complexity index is 471. The molecule has 80 valence electrons. The molecule has 2 heterocycles. The number of aromatic nitrogens is 2. The molecule has 0 radical (unpaired) electrons. The fraction of sp³-hybridized carbons (Fsp3) is 0.556. The van der Waals surface area contributed by atoms with Gasteiger partial charge in [0.2, 0.25) is 10.0 Å². The zero-order valence-corrected chi connectivity index (χ0v) is 8.94. The Morgan fingerprint density at radius 2 is 2.13 bits per heavy atom. The van der Waals surface area contributed by atoms with E-state index in [0.717, 1.165) is 24.1 Å². The molecule has 0 saturated heterocycles. The van der Waals surface area contributed by atoms with Crippen molar-refractivity contribution in [3.8, 4) is 0 Å². The van der Waals surface area contributed by atoms with Crippen molar-refractivity contribution >= 4 is 10.0 Å². The normalized spacial score (nSPS) is 21.6. The van der Waals surface area contributed by atoms with Gasteiger partial charge in [0.15, 0.2) is 0 Å². The van der Waals surface area contributed by atoms with Gasteiger partial charge in [-0.25, -0.2) is 18.4 Å². The van der Waals surface area contributed by atoms with Crippen LogP contribution in [0.2, 0.25) is 0 Å². The second kappa shape index (κ2) is 2.99. The van der Waals surface area contributed by atoms with Gasteiger partial charge in [0.1, 0.15) is 6.33 Å². The van der Waals surface area contributed by atoms with E-state index in [0.29, 0.717) is 13.1 Å². The number of hydrogen-bond acceptors (Lipinski definition) is 4. The van der Waals surface area contributed by atoms with Crippen molar-refractivity contribution in [3.05, 3.63) is 23.8 Å². The molecule has 0 aromatic carbocycles. The lowest BCUT2D eigenvalue weighted by molar-refractivity contribution is 0.428. The molecular weight excluding hydrogens is 214 g/mol. The summed E-state index contributed by atoms with van der Waals surface area (Å²) in [4.78, 5) is 7.99. The number of rotatable bonds is 2. The minimum Gasteiger partial charge on any atom is -0.244 e. The van der Waals surface area contributed by atoms with E-state index in [9.17, 15) is 8.42 Å². The summed E-state index contributed by atoms with van der Waals surface area (Å²) in [5.74, 6) is 0. The quantitative estimate of drug-likeness (QED) is 0.725. The molecule has 5 nitrogen and oxygen atoms in total. The summed E-state index contributed by atoms with van der Waals surface area (Å²) < 4.78 is 25.4. The topological polar surface area (TPSA) is 63.2 Å². The van der Waals surface area contributed by atoms with Crippen LogP contribution in [-0.2, 0) is 23.1 Å². The number of nitrogens with zero attached hydrogens (tertiary/aromatic N) is 3. The van der Waals surface area contributed by atoms with Crippen LogP contribution in [0, 0.1) is 0 Å². The van der Waals surface area contributed by atoms with Gasteiger partial charge in [-0.3, -0.25) is 0 Å². The first-order chi connectivity index (χ1) is 7.18. The fourth-order valence-corrected chi connectivity index (χ4v) is 3.60. The first-order valence-electron chi connectivity index (χ1n) is 4.94. The van der Waals surface area contributed by atoms with Gasteiger partial charge in [0.25, 0.3) is 0 Å². The van der Waals surface area contributed by atoms with Crippen molar-refractivity contribution in [2.24, 2.45) is 0 Å². The van der Waals surface area contributed by atoms with E-state index in [1.165, 1.54) is 10.6 Å². The lowest BCUT2D eigenvalue weighted by Crippen LogP contribution is -2.28. The first-order valence-corrected chi connectivity index (χ1v) is 6.45. The van der Waals surface area contributed by atoms with Crippen LogP contribution < -0.4 is 0 Å². The lowest BCUT2D eigenvalue weighted by atomic mass is 10.3. The molecule has 1 aromatic rings. The average Bonchev–Trinajstić information content (AvgIpc) is 2.97. The average molecular weight is 225 g/mol. The highest BCUT2D eigenvalue weighted by atomic mass is 32.2. The number of hydrogen-bond donors (Lipinski definition) is 0. The highest BCUT2D eigenvalue weighted by molar-refractivity contribution is 7.90. The molecule has 1 aliphatic heterocycles. The van der Waals surface area contributed by atoms with Crippen LogP contribution in [0.25, 0.3) is 0 Å². The third kappa shape index (κ3) is 1.44. The zero-order valence-electron chi connectivity index (χ0n) is 8.13. The predicted molar refractivity (Wildman–Crippen MR) is 53.2 cm³/mol. The standard InChI is InChI=1S/C9H11N3O2S/c13-15(14,8-1-2-8)12-4-7-3-10-6-11-9(7)5-12/h3,6,8H,1-2,4-5H2. The maximum atomic E-state index is 11.9. The van der Waals surface area contributed by atoms with E-state index in [1.807, 2.05) is 0 Å². The summed E-state index contributed by atoms with van der Waals surface area (Å²) in [6.45, 7) is 0.853. The highest BCUT2D eigenvalue weighted by Crippen LogP contribution is 2.34. The molecular formula is C9H11N3O2S. The summed E-state index contributed by atoms with van der Waals surface area (Å²) in [6, 6.07) is 0. The van der Waals surface area contributed by atoms with E-state index in [-0.39, 0.29) is 5.25 Å². The molecule has 0 unspecified atom stereocenters. The summed E-state index contributed by atoms with van der Waals surface area (Å²) in [7, 11) is -3.07. The van der Waals surface area contributed by atoms with Crippen molar-refractivity contribution in [1.29, 1.82) is 0 Å². The number of sulfonamides is 1. The van der Waals surface area contributed by atoms with Gasteiger partial charge in [-0.2, -0.15) is 4.31 Å². The van der Waals surface area contributed by atoms with Gasteiger partial charge >= 0.3 is 0 Å². The lowest BCUT2D eigenvalue weighted by Gasteiger charge is -2.14. The van der Waals surface area contributed by atoms with Gasteiger partial charge in [0, 0.05) is 18.3 Å². The summed E-state index contributed by atoms with van der Waals surface area (Å²) in [5.41, 5.74) is 1.77. The Morgan fingerprint density at radius 3 is 2.80 bits per heavy atom. The van der Waals surface area contributed by atoms with Crippen molar-refractivity contribution in [1.82, 2.24) is 14.3 Å². The second-order valence-electron chi connectivity index (χ2n) is 4.01. The summed E-state index contributed by atoms with van der Waals surface area (Å²) >= 11 is 0. The SMILES string of the molecule is O=S(=O)(C1CC1)N1Cc2cncnc2C1. The minimum absolute atomic E-state index is 0.139. The van der Waals surface area contributed by atoms with Crippen molar-refractivity contribution in [3.63, 3.8) is 0 Å². The monoisotopic (exact) mass is 225 g/mol. The Morgan fingerprint density at radius 1 is 1.33 bits per heavy atom. The molecule has 0 amide bonds. The smallest absolute Gasteiger partial charge is 0.217 e. The van der Waals surface area contributed by atoms with Crippen LogP contribution in [0.1, 0.15) is 24.1 Å². The third-order valence-electron chi connectivity index (χ3n) is 2.86. The van der Waals surface area contributed by atoms with Crippen LogP contribution in [0.15, 0.2) is 12.5 Å². The van der Waals surface area contributed by atoms with E-state index in [2.05, 4.69) is 9.97 Å². The van der Waals surface area contributed by atoms with Crippen molar-refractivity contribution in [2.75, 3.05) is 0 Å². The van der Waals surface area contributed by atoms with E-state index in [4.69, 9.17) is 0 Å². The zero-order chi connectivity index (χ0) is 10.5. The van der Waals surface area contributed by atoms with Crippen molar-refractivity contribution in [2.45, 2.75) is 31.2 Å². The molecule has 0 N–H and O–H groups in total. The van der Waals surface area contributed by atoms with Crippen LogP contribution in [0.4, 0.5) is 0 Å². The third-order valence-corrected chi connectivity index (χ3v) is 5.15. The molecule has 0 bridgehead atoms. The first kappa shape index (κ1) is 9.23. The van der Waals surface area contributed by atoms with Crippen LogP contribution >= 0.6 is 0 Å². The summed E-state index contributed by atoms with van der Waals surface area (Å²) in [6.07, 6.45) is 4.78. The van der Waals surface area contributed by atoms with Gasteiger partial charge in [-0.15, -0.1) is 0 Å². The van der Waals surface area contributed by atoms with E-state index in [1.54, 1.807) is 6.20 Å². The Labute approximate surface area is 88.2 Å². The fourth-order valence-electron chi connectivity index (χ4n) is 1.83. The van der Waals surface area contributed by atoms with Gasteiger partial charge in [-0.05, 0) is 12.8 Å². The molecule has 0 atom stereocenters. The van der Waals surface area contributed by atoms with Gasteiger partial charge < -0.3 is 0 Å². The molecule has 1 saturated carbocycles. The van der Waals surface area contributed by atoms with E-state index < -0.39 is 10.0 Å². The molecule has 1 fully saturated rings. The largest absolute Gasteiger partial charge is 0.244 e. The molecule has 15 heavy (non-hydrogen) atoms. The Hall–Kier alpha value is -1.01. The maximum absolute atomic E-state index is 11.9. The predicted octanol–water partition coefficient (Wildman–Crippen LogP) is 0.284. The van der Waals surface area contributed by atoms with Gasteiger partial charge in [0.05, 0.1) is 17.5 Å². The van der Waals surface area contributed by atoms with Crippen LogP contribution in [0.5, 0.6) is 0 Å². The van der Waals surface area contributed by atoms with Crippen molar-refractivity contribution < 1.29 is 8.42 Å². The van der Waals surface area contributed by atoms with Crippen LogP contribution in [-0.4, -0.2) is 27.9 Å².